The van der Waals surface area contributed by atoms with Crippen molar-refractivity contribution >= 4 is 17.1 Å². The molecular formula is C15H15NO2S. The predicted molar refractivity (Wildman–Crippen MR) is 74.7 cm³/mol. The standard InChI is InChI=1S/C15H15NO2S/c1-9-8-12-14(10(2)18-9)19-15(16-12)13(17)11-6-4-3-5-7-11/h3-7,9-10H,8H2,1-2H3. The van der Waals surface area contributed by atoms with E-state index in [2.05, 4.69) is 4.98 Å². The summed E-state index contributed by atoms with van der Waals surface area (Å²) in [6.45, 7) is 4.06. The second-order valence-corrected chi connectivity index (χ2v) is 5.85. The number of hydrogen-bond acceptors (Lipinski definition) is 4. The second-order valence-electron chi connectivity index (χ2n) is 4.82. The lowest BCUT2D eigenvalue weighted by atomic mass is 10.1. The van der Waals surface area contributed by atoms with Crippen molar-refractivity contribution in [2.75, 3.05) is 0 Å². The zero-order valence-corrected chi connectivity index (χ0v) is 11.7. The van der Waals surface area contributed by atoms with Crippen LogP contribution in [0.4, 0.5) is 0 Å². The Hall–Kier alpha value is -1.52. The van der Waals surface area contributed by atoms with Gasteiger partial charge in [0.25, 0.3) is 0 Å². The van der Waals surface area contributed by atoms with Crippen LogP contribution in [-0.2, 0) is 11.2 Å². The van der Waals surface area contributed by atoms with Crippen LogP contribution in [0.2, 0.25) is 0 Å². The van der Waals surface area contributed by atoms with Crippen LogP contribution in [0.1, 0.15) is 45.9 Å². The molecule has 0 spiro atoms. The van der Waals surface area contributed by atoms with Crippen molar-refractivity contribution in [2.24, 2.45) is 0 Å². The van der Waals surface area contributed by atoms with Crippen LogP contribution >= 0.6 is 11.3 Å². The molecular weight excluding hydrogens is 258 g/mol. The minimum Gasteiger partial charge on any atom is -0.370 e. The third-order valence-electron chi connectivity index (χ3n) is 3.24. The average molecular weight is 273 g/mol. The highest BCUT2D eigenvalue weighted by molar-refractivity contribution is 7.14. The first kappa shape index (κ1) is 12.5. The Kier molecular flexibility index (Phi) is 3.21. The van der Waals surface area contributed by atoms with Gasteiger partial charge in [-0.15, -0.1) is 11.3 Å². The van der Waals surface area contributed by atoms with Crippen molar-refractivity contribution in [3.8, 4) is 0 Å². The van der Waals surface area contributed by atoms with Gasteiger partial charge in [-0.2, -0.15) is 0 Å². The average Bonchev–Trinajstić information content (AvgIpc) is 2.83. The van der Waals surface area contributed by atoms with Crippen molar-refractivity contribution in [2.45, 2.75) is 32.5 Å². The molecule has 98 valence electrons. The lowest BCUT2D eigenvalue weighted by Gasteiger charge is -2.23. The van der Waals surface area contributed by atoms with Crippen LogP contribution in [0.5, 0.6) is 0 Å². The summed E-state index contributed by atoms with van der Waals surface area (Å²) >= 11 is 1.46. The highest BCUT2D eigenvalue weighted by Crippen LogP contribution is 2.34. The number of hydrogen-bond donors (Lipinski definition) is 0. The molecule has 2 atom stereocenters. The molecule has 1 aliphatic heterocycles. The monoisotopic (exact) mass is 273 g/mol. The maximum absolute atomic E-state index is 12.4. The highest BCUT2D eigenvalue weighted by atomic mass is 32.1. The Labute approximate surface area is 116 Å². The van der Waals surface area contributed by atoms with E-state index in [1.165, 1.54) is 11.3 Å². The lowest BCUT2D eigenvalue weighted by Crippen LogP contribution is -2.20. The molecule has 3 rings (SSSR count). The molecule has 1 aliphatic rings. The van der Waals surface area contributed by atoms with Crippen molar-refractivity contribution in [3.63, 3.8) is 0 Å². The van der Waals surface area contributed by atoms with E-state index in [9.17, 15) is 4.79 Å². The van der Waals surface area contributed by atoms with E-state index in [4.69, 9.17) is 4.74 Å². The van der Waals surface area contributed by atoms with Crippen LogP contribution in [0.3, 0.4) is 0 Å². The molecule has 0 saturated carbocycles. The Morgan fingerprint density at radius 3 is 2.79 bits per heavy atom. The van der Waals surface area contributed by atoms with Crippen LogP contribution in [0.25, 0.3) is 0 Å². The zero-order chi connectivity index (χ0) is 13.4. The molecule has 2 heterocycles. The fourth-order valence-corrected chi connectivity index (χ4v) is 3.41. The van der Waals surface area contributed by atoms with Gasteiger partial charge < -0.3 is 4.74 Å². The quantitative estimate of drug-likeness (QED) is 0.787. The van der Waals surface area contributed by atoms with E-state index >= 15 is 0 Å². The number of carbonyl (C=O) groups excluding carboxylic acids is 1. The number of thiazole rings is 1. The number of fused-ring (bicyclic) bond motifs is 1. The summed E-state index contributed by atoms with van der Waals surface area (Å²) in [5.41, 5.74) is 1.71. The van der Waals surface area contributed by atoms with Gasteiger partial charge >= 0.3 is 0 Å². The fraction of sp³-hybridized carbons (Fsp3) is 0.333. The van der Waals surface area contributed by atoms with Crippen molar-refractivity contribution in [1.29, 1.82) is 0 Å². The molecule has 2 aromatic rings. The SMILES string of the molecule is CC1Cc2nc(C(=O)c3ccccc3)sc2C(C)O1. The summed E-state index contributed by atoms with van der Waals surface area (Å²) in [5, 5.41) is 0.570. The number of carbonyl (C=O) groups is 1. The maximum atomic E-state index is 12.4. The van der Waals surface area contributed by atoms with Gasteiger partial charge in [-0.05, 0) is 13.8 Å². The number of ether oxygens (including phenoxy) is 1. The van der Waals surface area contributed by atoms with Crippen LogP contribution in [-0.4, -0.2) is 16.9 Å². The molecule has 0 bridgehead atoms. The first-order chi connectivity index (χ1) is 9.15. The largest absolute Gasteiger partial charge is 0.370 e. The summed E-state index contributed by atoms with van der Waals surface area (Å²) in [7, 11) is 0. The molecule has 0 radical (unpaired) electrons. The van der Waals surface area contributed by atoms with Gasteiger partial charge in [-0.3, -0.25) is 4.79 Å². The Balaban J connectivity index is 1.95. The molecule has 0 fully saturated rings. The first-order valence-electron chi connectivity index (χ1n) is 6.40. The number of ketones is 1. The van der Waals surface area contributed by atoms with Gasteiger partial charge in [-0.25, -0.2) is 4.98 Å². The van der Waals surface area contributed by atoms with Crippen molar-refractivity contribution < 1.29 is 9.53 Å². The van der Waals surface area contributed by atoms with Gasteiger partial charge in [0.05, 0.1) is 22.8 Å². The van der Waals surface area contributed by atoms with E-state index in [1.54, 1.807) is 0 Å². The van der Waals surface area contributed by atoms with Gasteiger partial charge in [0.1, 0.15) is 0 Å². The molecule has 19 heavy (non-hydrogen) atoms. The molecule has 0 amide bonds. The Morgan fingerprint density at radius 2 is 2.05 bits per heavy atom. The van der Waals surface area contributed by atoms with E-state index in [-0.39, 0.29) is 18.0 Å². The van der Waals surface area contributed by atoms with E-state index < -0.39 is 0 Å². The number of aromatic nitrogens is 1. The molecule has 4 heteroatoms. The van der Waals surface area contributed by atoms with Gasteiger partial charge in [0, 0.05) is 12.0 Å². The summed E-state index contributed by atoms with van der Waals surface area (Å²) in [6.07, 6.45) is 0.996. The molecule has 0 saturated heterocycles. The zero-order valence-electron chi connectivity index (χ0n) is 10.9. The normalized spacial score (nSPS) is 22.0. The Morgan fingerprint density at radius 1 is 1.32 bits per heavy atom. The second kappa shape index (κ2) is 4.87. The van der Waals surface area contributed by atoms with Crippen LogP contribution in [0, 0.1) is 0 Å². The third kappa shape index (κ3) is 2.33. The Bertz CT molecular complexity index is 606. The smallest absolute Gasteiger partial charge is 0.221 e. The highest BCUT2D eigenvalue weighted by Gasteiger charge is 2.27. The van der Waals surface area contributed by atoms with Crippen LogP contribution < -0.4 is 0 Å². The minimum atomic E-state index is -0.000136. The summed E-state index contributed by atoms with van der Waals surface area (Å²) in [5.74, 6) is -0.000136. The summed E-state index contributed by atoms with van der Waals surface area (Å²) < 4.78 is 5.77. The van der Waals surface area contributed by atoms with Gasteiger partial charge in [0.2, 0.25) is 5.78 Å². The third-order valence-corrected chi connectivity index (χ3v) is 4.50. The fourth-order valence-electron chi connectivity index (χ4n) is 2.37. The molecule has 0 aliphatic carbocycles. The van der Waals surface area contributed by atoms with Gasteiger partial charge in [-0.1, -0.05) is 30.3 Å². The maximum Gasteiger partial charge on any atom is 0.221 e. The van der Waals surface area contributed by atoms with E-state index in [0.717, 1.165) is 17.0 Å². The van der Waals surface area contributed by atoms with Crippen molar-refractivity contribution in [1.82, 2.24) is 4.98 Å². The molecule has 1 aromatic heterocycles. The molecule has 3 nitrogen and oxygen atoms in total. The molecule has 2 unspecified atom stereocenters. The van der Waals surface area contributed by atoms with Crippen molar-refractivity contribution in [3.05, 3.63) is 51.5 Å². The van der Waals surface area contributed by atoms with Crippen LogP contribution in [0.15, 0.2) is 30.3 Å². The lowest BCUT2D eigenvalue weighted by molar-refractivity contribution is -0.00319. The van der Waals surface area contributed by atoms with Gasteiger partial charge in [0.15, 0.2) is 5.01 Å². The number of rotatable bonds is 2. The summed E-state index contributed by atoms with van der Waals surface area (Å²) in [6, 6.07) is 9.29. The number of benzene rings is 1. The van der Waals surface area contributed by atoms with E-state index in [0.29, 0.717) is 10.6 Å². The van der Waals surface area contributed by atoms with E-state index in [1.807, 2.05) is 44.2 Å². The topological polar surface area (TPSA) is 39.2 Å². The molecule has 1 aromatic carbocycles. The molecule has 0 N–H and O–H groups in total. The minimum absolute atomic E-state index is 0.000136. The first-order valence-corrected chi connectivity index (χ1v) is 7.21. The predicted octanol–water partition coefficient (Wildman–Crippen LogP) is 3.40. The number of nitrogens with zero attached hydrogens (tertiary/aromatic N) is 1. The summed E-state index contributed by atoms with van der Waals surface area (Å²) in [4.78, 5) is 18.0.